The van der Waals surface area contributed by atoms with Crippen molar-refractivity contribution in [3.05, 3.63) is 53.1 Å². The predicted molar refractivity (Wildman–Crippen MR) is 93.4 cm³/mol. The van der Waals surface area contributed by atoms with Crippen molar-refractivity contribution < 1.29 is 4.42 Å². The third kappa shape index (κ3) is 2.59. The van der Waals surface area contributed by atoms with Crippen LogP contribution < -0.4 is 5.32 Å². The molecule has 24 heavy (non-hydrogen) atoms. The summed E-state index contributed by atoms with van der Waals surface area (Å²) in [4.78, 5) is 8.63. The van der Waals surface area contributed by atoms with E-state index in [1.54, 1.807) is 4.52 Å². The number of nitrogens with one attached hydrogen (secondary N) is 1. The highest BCUT2D eigenvalue weighted by Crippen LogP contribution is 2.28. The maximum atomic E-state index is 6.04. The van der Waals surface area contributed by atoms with Gasteiger partial charge in [0.2, 0.25) is 0 Å². The Morgan fingerprint density at radius 1 is 1.29 bits per heavy atom. The summed E-state index contributed by atoms with van der Waals surface area (Å²) >= 11 is 6.04. The Balaban J connectivity index is 1.70. The molecule has 0 spiro atoms. The molecule has 1 aromatic carbocycles. The van der Waals surface area contributed by atoms with E-state index >= 15 is 0 Å². The molecule has 7 heteroatoms. The molecule has 0 amide bonds. The van der Waals surface area contributed by atoms with Gasteiger partial charge in [-0.15, -0.1) is 0 Å². The van der Waals surface area contributed by atoms with Gasteiger partial charge in [-0.1, -0.05) is 18.5 Å². The van der Waals surface area contributed by atoms with Gasteiger partial charge >= 0.3 is 0 Å². The van der Waals surface area contributed by atoms with Gasteiger partial charge < -0.3 is 9.73 Å². The van der Waals surface area contributed by atoms with Crippen molar-refractivity contribution in [2.75, 3.05) is 5.32 Å². The van der Waals surface area contributed by atoms with Gasteiger partial charge in [-0.3, -0.25) is 0 Å². The van der Waals surface area contributed by atoms with Crippen molar-refractivity contribution in [3.63, 3.8) is 0 Å². The molecule has 0 saturated carbocycles. The van der Waals surface area contributed by atoms with E-state index in [1.807, 2.05) is 37.3 Å². The molecule has 0 fully saturated rings. The van der Waals surface area contributed by atoms with Gasteiger partial charge in [-0.05, 0) is 37.6 Å². The summed E-state index contributed by atoms with van der Waals surface area (Å²) in [6.45, 7) is 4.10. The first-order valence-electron chi connectivity index (χ1n) is 7.79. The fourth-order valence-corrected chi connectivity index (χ4v) is 2.87. The molecule has 6 nitrogen and oxygen atoms in total. The van der Waals surface area contributed by atoms with Crippen LogP contribution in [0.3, 0.4) is 0 Å². The number of furan rings is 1. The molecule has 3 heterocycles. The average molecular weight is 342 g/mol. The van der Waals surface area contributed by atoms with Crippen molar-refractivity contribution in [2.45, 2.75) is 26.3 Å². The van der Waals surface area contributed by atoms with Crippen molar-refractivity contribution in [1.29, 1.82) is 0 Å². The Kier molecular flexibility index (Phi) is 3.61. The zero-order valence-electron chi connectivity index (χ0n) is 13.3. The molecule has 4 aromatic rings. The van der Waals surface area contributed by atoms with Crippen molar-refractivity contribution in [1.82, 2.24) is 19.6 Å². The summed E-state index contributed by atoms with van der Waals surface area (Å²) in [6.07, 6.45) is 2.33. The molecule has 3 aromatic heterocycles. The van der Waals surface area contributed by atoms with Crippen molar-refractivity contribution in [2.24, 2.45) is 0 Å². The average Bonchev–Trinajstić information content (AvgIpc) is 3.20. The number of hydrogen-bond donors (Lipinski definition) is 1. The minimum absolute atomic E-state index is 0.0457. The highest BCUT2D eigenvalue weighted by molar-refractivity contribution is 6.31. The minimum Gasteiger partial charge on any atom is -0.459 e. The van der Waals surface area contributed by atoms with E-state index in [4.69, 9.17) is 16.0 Å². The Morgan fingerprint density at radius 2 is 2.17 bits per heavy atom. The molecule has 122 valence electrons. The quantitative estimate of drug-likeness (QED) is 0.600. The molecule has 0 bridgehead atoms. The van der Waals surface area contributed by atoms with Gasteiger partial charge in [-0.2, -0.15) is 14.6 Å². The molecule has 1 unspecified atom stereocenters. The van der Waals surface area contributed by atoms with E-state index in [9.17, 15) is 0 Å². The van der Waals surface area contributed by atoms with Gasteiger partial charge in [0, 0.05) is 22.2 Å². The summed E-state index contributed by atoms with van der Waals surface area (Å²) in [6, 6.07) is 9.54. The van der Waals surface area contributed by atoms with Crippen LogP contribution in [0.25, 0.3) is 16.7 Å². The lowest BCUT2D eigenvalue weighted by atomic mass is 10.2. The lowest BCUT2D eigenvalue weighted by Crippen LogP contribution is -2.11. The molecule has 0 saturated heterocycles. The Hall–Kier alpha value is -2.60. The fraction of sp³-hybridized carbons (Fsp3) is 0.235. The first-order valence-corrected chi connectivity index (χ1v) is 8.17. The highest BCUT2D eigenvalue weighted by atomic mass is 35.5. The first kappa shape index (κ1) is 15.0. The lowest BCUT2D eigenvalue weighted by Gasteiger charge is -2.14. The fourth-order valence-electron chi connectivity index (χ4n) is 2.69. The molecule has 0 aliphatic rings. The van der Waals surface area contributed by atoms with Crippen LogP contribution in [0.4, 0.5) is 5.82 Å². The maximum absolute atomic E-state index is 6.04. The maximum Gasteiger partial charge on any atom is 0.254 e. The smallest absolute Gasteiger partial charge is 0.254 e. The van der Waals surface area contributed by atoms with Crippen molar-refractivity contribution in [3.8, 4) is 0 Å². The normalized spacial score (nSPS) is 12.8. The molecule has 1 atom stereocenters. The third-order valence-electron chi connectivity index (χ3n) is 3.96. The minimum atomic E-state index is -0.0457. The van der Waals surface area contributed by atoms with Crippen LogP contribution in [0, 0.1) is 0 Å². The Labute approximate surface area is 143 Å². The van der Waals surface area contributed by atoms with Crippen LogP contribution in [0.2, 0.25) is 5.02 Å². The molecule has 0 radical (unpaired) electrons. The highest BCUT2D eigenvalue weighted by Gasteiger charge is 2.15. The van der Waals surface area contributed by atoms with Gasteiger partial charge in [0.1, 0.15) is 23.5 Å². The standard InChI is InChI=1S/C17H16ClN5O/c1-3-13-8-16(23-17(22-13)19-9-20-23)21-10(2)15-7-11-6-12(18)4-5-14(11)24-15/h4-10,21H,3H2,1-2H3. The zero-order valence-corrected chi connectivity index (χ0v) is 14.1. The second-order valence-corrected chi connectivity index (χ2v) is 6.09. The first-order chi connectivity index (χ1) is 11.6. The van der Waals surface area contributed by atoms with E-state index in [1.165, 1.54) is 6.33 Å². The largest absolute Gasteiger partial charge is 0.459 e. The van der Waals surface area contributed by atoms with Gasteiger partial charge in [0.05, 0.1) is 6.04 Å². The molecule has 1 N–H and O–H groups in total. The molecular formula is C17H16ClN5O. The van der Waals surface area contributed by atoms with Crippen LogP contribution in [-0.4, -0.2) is 19.6 Å². The Morgan fingerprint density at radius 3 is 3.00 bits per heavy atom. The number of rotatable bonds is 4. The number of aromatic nitrogens is 4. The Bertz CT molecular complexity index is 1020. The summed E-state index contributed by atoms with van der Waals surface area (Å²) in [5.41, 5.74) is 1.78. The number of nitrogens with zero attached hydrogens (tertiary/aromatic N) is 4. The number of aryl methyl sites for hydroxylation is 1. The molecule has 4 rings (SSSR count). The summed E-state index contributed by atoms with van der Waals surface area (Å²) < 4.78 is 7.61. The number of anilines is 1. The van der Waals surface area contributed by atoms with Crippen LogP contribution in [0.5, 0.6) is 0 Å². The van der Waals surface area contributed by atoms with Gasteiger partial charge in [0.15, 0.2) is 0 Å². The monoisotopic (exact) mass is 341 g/mol. The van der Waals surface area contributed by atoms with E-state index in [0.29, 0.717) is 10.8 Å². The van der Waals surface area contributed by atoms with E-state index in [2.05, 4.69) is 27.3 Å². The zero-order chi connectivity index (χ0) is 16.7. The number of hydrogen-bond acceptors (Lipinski definition) is 5. The predicted octanol–water partition coefficient (Wildman–Crippen LogP) is 4.26. The van der Waals surface area contributed by atoms with Crippen LogP contribution in [0.1, 0.15) is 31.3 Å². The SMILES string of the molecule is CCc1cc(NC(C)c2cc3cc(Cl)ccc3o2)n2ncnc2n1. The lowest BCUT2D eigenvalue weighted by molar-refractivity contribution is 0.525. The van der Waals surface area contributed by atoms with E-state index in [0.717, 1.165) is 34.7 Å². The molecular weight excluding hydrogens is 326 g/mol. The summed E-state index contributed by atoms with van der Waals surface area (Å²) in [5.74, 6) is 2.25. The second kappa shape index (κ2) is 5.79. The van der Waals surface area contributed by atoms with Gasteiger partial charge in [-0.25, -0.2) is 4.98 Å². The second-order valence-electron chi connectivity index (χ2n) is 5.66. The summed E-state index contributed by atoms with van der Waals surface area (Å²) in [5, 5.41) is 9.34. The van der Waals surface area contributed by atoms with Crippen molar-refractivity contribution >= 4 is 34.2 Å². The molecule has 0 aliphatic carbocycles. The summed E-state index contributed by atoms with van der Waals surface area (Å²) in [7, 11) is 0. The number of halogens is 1. The third-order valence-corrected chi connectivity index (χ3v) is 4.19. The number of benzene rings is 1. The number of fused-ring (bicyclic) bond motifs is 2. The van der Waals surface area contributed by atoms with E-state index < -0.39 is 0 Å². The van der Waals surface area contributed by atoms with E-state index in [-0.39, 0.29) is 6.04 Å². The van der Waals surface area contributed by atoms with Crippen LogP contribution >= 0.6 is 11.6 Å². The topological polar surface area (TPSA) is 68.2 Å². The van der Waals surface area contributed by atoms with Gasteiger partial charge in [0.25, 0.3) is 5.78 Å². The van der Waals surface area contributed by atoms with Crippen LogP contribution in [0.15, 0.2) is 41.1 Å². The van der Waals surface area contributed by atoms with Crippen LogP contribution in [-0.2, 0) is 6.42 Å². The molecule has 0 aliphatic heterocycles.